The number of anilines is 1. The van der Waals surface area contributed by atoms with E-state index in [9.17, 15) is 14.4 Å². The number of quaternary nitrogens is 1. The lowest BCUT2D eigenvalue weighted by Crippen LogP contribution is -3.14. The van der Waals surface area contributed by atoms with Crippen molar-refractivity contribution in [3.8, 4) is 0 Å². The second-order valence-electron chi connectivity index (χ2n) is 5.13. The van der Waals surface area contributed by atoms with E-state index in [0.717, 1.165) is 18.0 Å². The lowest BCUT2D eigenvalue weighted by Gasteiger charge is -2.23. The van der Waals surface area contributed by atoms with Crippen LogP contribution in [0, 0.1) is 0 Å². The highest BCUT2D eigenvalue weighted by Crippen LogP contribution is 2.04. The van der Waals surface area contributed by atoms with E-state index in [2.05, 4.69) is 4.98 Å². The Labute approximate surface area is 121 Å². The number of aromatic amines is 1. The number of nitrogens with zero attached hydrogens (tertiary/aromatic N) is 1. The van der Waals surface area contributed by atoms with Crippen LogP contribution < -0.4 is 21.9 Å². The van der Waals surface area contributed by atoms with E-state index in [1.165, 1.54) is 4.57 Å². The molecule has 21 heavy (non-hydrogen) atoms. The number of aromatic nitrogens is 2. The van der Waals surface area contributed by atoms with E-state index >= 15 is 0 Å². The van der Waals surface area contributed by atoms with E-state index in [0.29, 0.717) is 26.2 Å². The van der Waals surface area contributed by atoms with Crippen molar-refractivity contribution < 1.29 is 14.4 Å². The highest BCUT2D eigenvalue weighted by molar-refractivity contribution is 6.00. The van der Waals surface area contributed by atoms with Crippen molar-refractivity contribution in [3.05, 3.63) is 26.4 Å². The van der Waals surface area contributed by atoms with Gasteiger partial charge in [-0.25, -0.2) is 4.79 Å². The van der Waals surface area contributed by atoms with Crippen molar-refractivity contribution in [2.24, 2.45) is 0 Å². The molecule has 1 aliphatic rings. The number of hydrogen-bond acceptors (Lipinski definition) is 5. The van der Waals surface area contributed by atoms with Crippen LogP contribution in [-0.4, -0.2) is 48.2 Å². The maximum atomic E-state index is 12.3. The van der Waals surface area contributed by atoms with Crippen LogP contribution in [0.25, 0.3) is 0 Å². The van der Waals surface area contributed by atoms with Crippen LogP contribution in [-0.2, 0) is 11.3 Å². The third-order valence-corrected chi connectivity index (χ3v) is 3.58. The van der Waals surface area contributed by atoms with Gasteiger partial charge in [0.1, 0.15) is 31.0 Å². The lowest BCUT2D eigenvalue weighted by molar-refractivity contribution is -0.899. The number of ketones is 1. The summed E-state index contributed by atoms with van der Waals surface area (Å²) in [5, 5.41) is 0. The molecule has 0 radical (unpaired) electrons. The number of carbonyl (C=O) groups is 1. The van der Waals surface area contributed by atoms with Crippen LogP contribution in [0.1, 0.15) is 23.7 Å². The second-order valence-corrected chi connectivity index (χ2v) is 5.13. The minimum atomic E-state index is -0.706. The Morgan fingerprint density at radius 3 is 2.67 bits per heavy atom. The Kier molecular flexibility index (Phi) is 4.92. The molecule has 0 atom stereocenters. The Morgan fingerprint density at radius 1 is 1.38 bits per heavy atom. The number of H-pyrrole nitrogens is 1. The number of rotatable bonds is 5. The number of morpholine rings is 1. The molecule has 116 valence electrons. The van der Waals surface area contributed by atoms with Gasteiger partial charge in [0, 0.05) is 6.54 Å². The quantitative estimate of drug-likeness (QED) is 0.526. The molecule has 0 aliphatic carbocycles. The van der Waals surface area contributed by atoms with Crippen LogP contribution in [0.15, 0.2) is 9.59 Å². The molecule has 0 aromatic carbocycles. The SMILES string of the molecule is CCCn1c(N)c(C(=O)C[NH+]2CCOCC2)c(=O)[nH]c1=O. The van der Waals surface area contributed by atoms with E-state index in [1.807, 2.05) is 6.92 Å². The first-order valence-corrected chi connectivity index (χ1v) is 7.11. The molecule has 1 saturated heterocycles. The maximum Gasteiger partial charge on any atom is 0.329 e. The molecule has 0 saturated carbocycles. The number of carbonyl (C=O) groups excluding carboxylic acids is 1. The normalized spacial score (nSPS) is 16.0. The zero-order valence-electron chi connectivity index (χ0n) is 12.1. The Balaban J connectivity index is 2.29. The minimum absolute atomic E-state index is 0.0386. The molecule has 0 unspecified atom stereocenters. The Morgan fingerprint density at radius 2 is 2.05 bits per heavy atom. The fraction of sp³-hybridized carbons (Fsp3) is 0.615. The monoisotopic (exact) mass is 297 g/mol. The summed E-state index contributed by atoms with van der Waals surface area (Å²) >= 11 is 0. The summed E-state index contributed by atoms with van der Waals surface area (Å²) in [6, 6.07) is 0. The average molecular weight is 297 g/mol. The van der Waals surface area contributed by atoms with Gasteiger partial charge in [-0.3, -0.25) is 19.1 Å². The van der Waals surface area contributed by atoms with Crippen LogP contribution in [0.2, 0.25) is 0 Å². The fourth-order valence-electron chi connectivity index (χ4n) is 2.46. The molecule has 0 bridgehead atoms. The third-order valence-electron chi connectivity index (χ3n) is 3.58. The zero-order valence-corrected chi connectivity index (χ0v) is 12.1. The first-order valence-electron chi connectivity index (χ1n) is 7.11. The summed E-state index contributed by atoms with van der Waals surface area (Å²) in [6.45, 7) is 5.08. The van der Waals surface area contributed by atoms with Crippen molar-refractivity contribution in [1.82, 2.24) is 9.55 Å². The molecule has 1 aromatic heterocycles. The van der Waals surface area contributed by atoms with Crippen LogP contribution in [0.4, 0.5) is 5.82 Å². The van der Waals surface area contributed by atoms with Crippen molar-refractivity contribution in [2.75, 3.05) is 38.6 Å². The molecular weight excluding hydrogens is 276 g/mol. The second kappa shape index (κ2) is 6.68. The van der Waals surface area contributed by atoms with Crippen molar-refractivity contribution in [2.45, 2.75) is 19.9 Å². The van der Waals surface area contributed by atoms with Gasteiger partial charge in [-0.1, -0.05) is 6.92 Å². The van der Waals surface area contributed by atoms with Crippen molar-refractivity contribution in [3.63, 3.8) is 0 Å². The van der Waals surface area contributed by atoms with Gasteiger partial charge in [0.2, 0.25) is 5.78 Å². The van der Waals surface area contributed by atoms with Gasteiger partial charge in [0.05, 0.1) is 13.2 Å². The van der Waals surface area contributed by atoms with Crippen LogP contribution in [0.3, 0.4) is 0 Å². The molecule has 4 N–H and O–H groups in total. The van der Waals surface area contributed by atoms with E-state index in [-0.39, 0.29) is 23.7 Å². The standard InChI is InChI=1S/C13H20N4O4/c1-2-3-17-11(14)10(12(19)15-13(17)20)9(18)8-16-4-6-21-7-5-16/h2-8,14H2,1H3,(H,15,19,20)/p+1. The first kappa shape index (κ1) is 15.5. The summed E-state index contributed by atoms with van der Waals surface area (Å²) in [7, 11) is 0. The maximum absolute atomic E-state index is 12.3. The summed E-state index contributed by atoms with van der Waals surface area (Å²) in [6.07, 6.45) is 0.679. The molecule has 2 rings (SSSR count). The van der Waals surface area contributed by atoms with Gasteiger partial charge in [0.15, 0.2) is 0 Å². The number of nitrogens with two attached hydrogens (primary N) is 1. The largest absolute Gasteiger partial charge is 0.384 e. The fourth-order valence-corrected chi connectivity index (χ4v) is 2.46. The molecule has 1 aliphatic heterocycles. The topological polar surface area (TPSA) is 112 Å². The van der Waals surface area contributed by atoms with E-state index < -0.39 is 11.2 Å². The number of nitrogen functional groups attached to an aromatic ring is 1. The summed E-state index contributed by atoms with van der Waals surface area (Å²) < 4.78 is 6.47. The van der Waals surface area contributed by atoms with E-state index in [4.69, 9.17) is 10.5 Å². The predicted octanol–water partition coefficient (Wildman–Crippen LogP) is -2.37. The number of hydrogen-bond donors (Lipinski definition) is 3. The number of Topliss-reactive ketones (excluding diaryl/α,β-unsaturated/α-hetero) is 1. The number of ether oxygens (including phenoxy) is 1. The molecule has 2 heterocycles. The predicted molar refractivity (Wildman–Crippen MR) is 76.7 cm³/mol. The molecule has 0 amide bonds. The Bertz CT molecular complexity index is 628. The lowest BCUT2D eigenvalue weighted by atomic mass is 10.1. The Hall–Kier alpha value is -1.93. The van der Waals surface area contributed by atoms with Gasteiger partial charge in [-0.05, 0) is 6.42 Å². The van der Waals surface area contributed by atoms with E-state index in [1.54, 1.807) is 0 Å². The molecule has 8 nitrogen and oxygen atoms in total. The molecule has 0 spiro atoms. The van der Waals surface area contributed by atoms with Gasteiger partial charge < -0.3 is 15.4 Å². The van der Waals surface area contributed by atoms with Gasteiger partial charge in [-0.2, -0.15) is 0 Å². The van der Waals surface area contributed by atoms with Gasteiger partial charge >= 0.3 is 5.69 Å². The van der Waals surface area contributed by atoms with Crippen LogP contribution >= 0.6 is 0 Å². The highest BCUT2D eigenvalue weighted by Gasteiger charge is 2.24. The summed E-state index contributed by atoms with van der Waals surface area (Å²) in [5.74, 6) is -0.376. The van der Waals surface area contributed by atoms with Gasteiger partial charge in [0.25, 0.3) is 5.56 Å². The first-order chi connectivity index (χ1) is 10.0. The molecule has 8 heteroatoms. The van der Waals surface area contributed by atoms with Crippen molar-refractivity contribution in [1.29, 1.82) is 0 Å². The molecule has 1 fully saturated rings. The van der Waals surface area contributed by atoms with Crippen molar-refractivity contribution >= 4 is 11.6 Å². The zero-order chi connectivity index (χ0) is 15.4. The smallest absolute Gasteiger partial charge is 0.329 e. The minimum Gasteiger partial charge on any atom is -0.384 e. The summed E-state index contributed by atoms with van der Waals surface area (Å²) in [4.78, 5) is 39.2. The molecule has 1 aromatic rings. The summed E-state index contributed by atoms with van der Waals surface area (Å²) in [5.41, 5.74) is 4.48. The average Bonchev–Trinajstić information content (AvgIpc) is 2.44. The van der Waals surface area contributed by atoms with Crippen LogP contribution in [0.5, 0.6) is 0 Å². The molecular formula is C13H21N4O4+. The third kappa shape index (κ3) is 3.40. The number of nitrogens with one attached hydrogen (secondary N) is 2. The highest BCUT2D eigenvalue weighted by atomic mass is 16.5. The van der Waals surface area contributed by atoms with Gasteiger partial charge in [-0.15, -0.1) is 0 Å².